The van der Waals surface area contributed by atoms with Crippen LogP contribution in [0.25, 0.3) is 0 Å². The maximum absolute atomic E-state index is 12.2. The largest absolute Gasteiger partial charge is 0.385 e. The molecule has 2 heteroatoms. The third-order valence-electron chi connectivity index (χ3n) is 7.12. The lowest BCUT2D eigenvalue weighted by Crippen LogP contribution is -2.35. The number of Topliss-reactive ketones (excluding diaryl/α,β-unsaturated/α-hetero) is 1. The highest BCUT2D eigenvalue weighted by molar-refractivity contribution is 6.00. The maximum atomic E-state index is 12.2. The number of allylic oxidation sites excluding steroid dienone is 23. The summed E-state index contributed by atoms with van der Waals surface area (Å²) in [5.74, 6) is -0.162. The van der Waals surface area contributed by atoms with Crippen LogP contribution in [0.1, 0.15) is 88.5 Å². The number of ketones is 1. The van der Waals surface area contributed by atoms with E-state index in [4.69, 9.17) is 0 Å². The Bertz CT molecular complexity index is 1300. The molecule has 0 amide bonds. The number of rotatable bonds is 13. The van der Waals surface area contributed by atoms with E-state index in [2.05, 4.69) is 134 Å². The van der Waals surface area contributed by atoms with Crippen molar-refractivity contribution in [1.29, 1.82) is 0 Å². The topological polar surface area (TPSA) is 37.3 Å². The molecule has 0 aromatic heterocycles. The lowest BCUT2D eigenvalue weighted by atomic mass is 9.71. The average molecular weight is 567 g/mol. The maximum Gasteiger partial charge on any atom is 0.187 e. The zero-order chi connectivity index (χ0) is 31.7. The molecule has 0 aliphatic heterocycles. The fraction of sp³-hybridized carbons (Fsp3) is 0.375. The van der Waals surface area contributed by atoms with Gasteiger partial charge in [-0.25, -0.2) is 0 Å². The third-order valence-corrected chi connectivity index (χ3v) is 7.12. The first kappa shape index (κ1) is 36.5. The predicted octanol–water partition coefficient (Wildman–Crippen LogP) is 10.9. The molecule has 0 saturated carbocycles. The summed E-state index contributed by atoms with van der Waals surface area (Å²) in [4.78, 5) is 12.2. The number of carbonyl (C=O) groups is 1. The summed E-state index contributed by atoms with van der Waals surface area (Å²) in [5, 5.41) is 10.0. The van der Waals surface area contributed by atoms with Crippen LogP contribution in [0, 0.1) is 5.41 Å². The summed E-state index contributed by atoms with van der Waals surface area (Å²) in [5.41, 5.74) is 8.85. The summed E-state index contributed by atoms with van der Waals surface area (Å²) in [6.45, 7) is 20.8. The Balaban J connectivity index is 2.64. The van der Waals surface area contributed by atoms with Crippen LogP contribution in [0.2, 0.25) is 0 Å². The summed E-state index contributed by atoms with van der Waals surface area (Å²) in [6.07, 6.45) is 35.4. The molecule has 0 aromatic rings. The zero-order valence-electron chi connectivity index (χ0n) is 27.8. The van der Waals surface area contributed by atoms with E-state index in [0.717, 1.165) is 29.6 Å². The van der Waals surface area contributed by atoms with Gasteiger partial charge in [-0.3, -0.25) is 4.79 Å². The van der Waals surface area contributed by atoms with Crippen molar-refractivity contribution in [2.45, 2.75) is 94.6 Å². The molecule has 1 atom stereocenters. The molecular weight excluding hydrogens is 512 g/mol. The highest BCUT2D eigenvalue weighted by Gasteiger charge is 2.36. The summed E-state index contributed by atoms with van der Waals surface area (Å²) < 4.78 is 0. The Kier molecular flexibility index (Phi) is 16.4. The van der Waals surface area contributed by atoms with Crippen molar-refractivity contribution in [3.8, 4) is 0 Å². The van der Waals surface area contributed by atoms with E-state index >= 15 is 0 Å². The molecule has 42 heavy (non-hydrogen) atoms. The summed E-state index contributed by atoms with van der Waals surface area (Å²) in [6, 6.07) is 0. The van der Waals surface area contributed by atoms with Gasteiger partial charge in [0.15, 0.2) is 5.78 Å². The number of aliphatic hydroxyl groups is 1. The minimum absolute atomic E-state index is 0.162. The van der Waals surface area contributed by atoms with Crippen LogP contribution < -0.4 is 0 Å². The Labute approximate surface area is 257 Å². The van der Waals surface area contributed by atoms with Gasteiger partial charge >= 0.3 is 0 Å². The molecule has 1 N–H and O–H groups in total. The van der Waals surface area contributed by atoms with Gasteiger partial charge < -0.3 is 5.11 Å². The molecule has 1 aliphatic rings. The van der Waals surface area contributed by atoms with Gasteiger partial charge in [-0.1, -0.05) is 145 Å². The zero-order valence-corrected chi connectivity index (χ0v) is 27.8. The molecule has 1 unspecified atom stereocenters. The SMILES string of the molecule is CC(C)=CCC/C(C)=C/C=C/C(C)=C/C=C/C(C)=C/C=C/C=C(C)/C=C/C=C(C)/C=C/C1=C(C)C(=O)C(O)CC1(C)C. The van der Waals surface area contributed by atoms with E-state index in [1.54, 1.807) is 0 Å². The van der Waals surface area contributed by atoms with Crippen LogP contribution >= 0.6 is 0 Å². The van der Waals surface area contributed by atoms with Crippen molar-refractivity contribution >= 4 is 5.78 Å². The Hall–Kier alpha value is -3.49. The lowest BCUT2D eigenvalue weighted by Gasteiger charge is -2.34. The van der Waals surface area contributed by atoms with Gasteiger partial charge in [-0.15, -0.1) is 0 Å². The molecule has 1 aliphatic carbocycles. The molecular formula is C40H54O2. The standard InChI is InChI=1S/C40H54O2/c1-30(2)17-13-20-33(5)23-15-25-34(6)24-14-21-31(3)18-11-12-19-32(4)22-16-26-35(7)27-28-37-36(8)39(42)38(41)29-40(37,9)10/h11-12,14-19,21-28,38,41H,13,20,29H2,1-10H3/b12-11+,21-14+,22-16+,25-15+,28-27+,31-18+,32-19+,33-23+,34-24+,35-26+. The Morgan fingerprint density at radius 3 is 1.69 bits per heavy atom. The van der Waals surface area contributed by atoms with E-state index in [1.807, 2.05) is 32.1 Å². The smallest absolute Gasteiger partial charge is 0.187 e. The minimum atomic E-state index is -0.893. The first-order valence-electron chi connectivity index (χ1n) is 15.0. The minimum Gasteiger partial charge on any atom is -0.385 e. The van der Waals surface area contributed by atoms with E-state index in [9.17, 15) is 9.90 Å². The van der Waals surface area contributed by atoms with Crippen molar-refractivity contribution < 1.29 is 9.90 Å². The number of hydrogen-bond acceptors (Lipinski definition) is 2. The van der Waals surface area contributed by atoms with Crippen molar-refractivity contribution in [2.75, 3.05) is 0 Å². The first-order valence-corrected chi connectivity index (χ1v) is 15.0. The molecule has 226 valence electrons. The molecule has 1 rings (SSSR count). The molecule has 0 bridgehead atoms. The monoisotopic (exact) mass is 566 g/mol. The number of carbonyl (C=O) groups excluding carboxylic acids is 1. The molecule has 0 saturated heterocycles. The third kappa shape index (κ3) is 14.9. The van der Waals surface area contributed by atoms with Crippen molar-refractivity contribution in [1.82, 2.24) is 0 Å². The van der Waals surface area contributed by atoms with Crippen LogP contribution in [0.5, 0.6) is 0 Å². The van der Waals surface area contributed by atoms with Gasteiger partial charge in [0.1, 0.15) is 6.10 Å². The second-order valence-electron chi connectivity index (χ2n) is 12.3. The van der Waals surface area contributed by atoms with Crippen molar-refractivity contribution in [2.24, 2.45) is 5.41 Å². The fourth-order valence-corrected chi connectivity index (χ4v) is 4.52. The molecule has 0 radical (unpaired) electrons. The highest BCUT2D eigenvalue weighted by atomic mass is 16.3. The lowest BCUT2D eigenvalue weighted by molar-refractivity contribution is -0.125. The van der Waals surface area contributed by atoms with Crippen LogP contribution in [-0.4, -0.2) is 17.0 Å². The molecule has 0 fully saturated rings. The van der Waals surface area contributed by atoms with E-state index < -0.39 is 6.10 Å². The quantitative estimate of drug-likeness (QED) is 0.178. The number of aliphatic hydroxyl groups excluding tert-OH is 1. The summed E-state index contributed by atoms with van der Waals surface area (Å²) in [7, 11) is 0. The fourth-order valence-electron chi connectivity index (χ4n) is 4.52. The average Bonchev–Trinajstić information content (AvgIpc) is 2.89. The van der Waals surface area contributed by atoms with Crippen molar-refractivity contribution in [3.63, 3.8) is 0 Å². The van der Waals surface area contributed by atoms with E-state index in [-0.39, 0.29) is 11.2 Å². The first-order chi connectivity index (χ1) is 19.7. The Morgan fingerprint density at radius 2 is 1.19 bits per heavy atom. The van der Waals surface area contributed by atoms with Gasteiger partial charge in [0.2, 0.25) is 0 Å². The van der Waals surface area contributed by atoms with Gasteiger partial charge in [0.25, 0.3) is 0 Å². The van der Waals surface area contributed by atoms with Crippen LogP contribution in [0.15, 0.2) is 142 Å². The van der Waals surface area contributed by atoms with Gasteiger partial charge in [0, 0.05) is 0 Å². The van der Waals surface area contributed by atoms with Crippen LogP contribution in [0.4, 0.5) is 0 Å². The highest BCUT2D eigenvalue weighted by Crippen LogP contribution is 2.39. The molecule has 0 aromatic carbocycles. The van der Waals surface area contributed by atoms with Crippen molar-refractivity contribution in [3.05, 3.63) is 142 Å². The molecule has 0 spiro atoms. The second-order valence-corrected chi connectivity index (χ2v) is 12.3. The van der Waals surface area contributed by atoms with Gasteiger partial charge in [0.05, 0.1) is 0 Å². The van der Waals surface area contributed by atoms with Crippen LogP contribution in [0.3, 0.4) is 0 Å². The van der Waals surface area contributed by atoms with E-state index in [0.29, 0.717) is 12.0 Å². The number of hydrogen-bond donors (Lipinski definition) is 1. The van der Waals surface area contributed by atoms with E-state index in [1.165, 1.54) is 22.3 Å². The predicted molar refractivity (Wildman–Crippen MR) is 185 cm³/mol. The normalized spacial score (nSPS) is 20.0. The summed E-state index contributed by atoms with van der Waals surface area (Å²) >= 11 is 0. The molecule has 2 nitrogen and oxygen atoms in total. The molecule has 0 heterocycles. The van der Waals surface area contributed by atoms with Gasteiger partial charge in [-0.2, -0.15) is 0 Å². The van der Waals surface area contributed by atoms with Gasteiger partial charge in [-0.05, 0) is 91.2 Å². The Morgan fingerprint density at radius 1 is 0.738 bits per heavy atom. The second kappa shape index (κ2) is 18.8. The van der Waals surface area contributed by atoms with Crippen LogP contribution in [-0.2, 0) is 4.79 Å².